The second kappa shape index (κ2) is 6.29. The number of methoxy groups -OCH3 is 1. The summed E-state index contributed by atoms with van der Waals surface area (Å²) in [5.41, 5.74) is 1.74. The zero-order valence-electron chi connectivity index (χ0n) is 12.3. The average molecular weight is 263 g/mol. The highest BCUT2D eigenvalue weighted by Gasteiger charge is 2.39. The molecule has 0 aliphatic heterocycles. The van der Waals surface area contributed by atoms with Crippen LogP contribution in [0.4, 0.5) is 0 Å². The highest BCUT2D eigenvalue weighted by molar-refractivity contribution is 5.46. The molecule has 0 bridgehead atoms. The van der Waals surface area contributed by atoms with E-state index in [1.54, 1.807) is 7.11 Å². The first kappa shape index (κ1) is 14.2. The Labute approximate surface area is 116 Å². The van der Waals surface area contributed by atoms with Crippen LogP contribution in [0.5, 0.6) is 11.5 Å². The Balaban J connectivity index is 1.97. The molecular formula is C16H25NO2. The van der Waals surface area contributed by atoms with Crippen molar-refractivity contribution in [2.24, 2.45) is 5.41 Å². The maximum Gasteiger partial charge on any atom is 0.165 e. The molecule has 0 unspecified atom stereocenters. The van der Waals surface area contributed by atoms with Crippen molar-refractivity contribution in [1.29, 1.82) is 0 Å². The lowest BCUT2D eigenvalue weighted by atomic mass is 10.0. The molecule has 0 radical (unpaired) electrons. The van der Waals surface area contributed by atoms with Gasteiger partial charge in [0.1, 0.15) is 0 Å². The van der Waals surface area contributed by atoms with Gasteiger partial charge in [-0.2, -0.15) is 0 Å². The number of nitrogens with one attached hydrogen (secondary N) is 1. The molecule has 1 N–H and O–H groups in total. The van der Waals surface area contributed by atoms with Crippen LogP contribution in [0.1, 0.15) is 38.7 Å². The fourth-order valence-electron chi connectivity index (χ4n) is 2.50. The van der Waals surface area contributed by atoms with Crippen LogP contribution >= 0.6 is 0 Å². The van der Waals surface area contributed by atoms with Crippen LogP contribution in [0, 0.1) is 5.41 Å². The van der Waals surface area contributed by atoms with Gasteiger partial charge in [-0.1, -0.05) is 19.1 Å². The molecule has 3 heteroatoms. The molecule has 0 spiro atoms. The predicted octanol–water partition coefficient (Wildman–Crippen LogP) is 3.37. The topological polar surface area (TPSA) is 30.5 Å². The highest BCUT2D eigenvalue weighted by Crippen LogP contribution is 2.47. The summed E-state index contributed by atoms with van der Waals surface area (Å²) in [7, 11) is 1.70. The summed E-state index contributed by atoms with van der Waals surface area (Å²) >= 11 is 0. The van der Waals surface area contributed by atoms with E-state index in [1.807, 2.05) is 19.1 Å². The van der Waals surface area contributed by atoms with Gasteiger partial charge >= 0.3 is 0 Å². The molecular weight excluding hydrogens is 238 g/mol. The molecule has 0 heterocycles. The van der Waals surface area contributed by atoms with Gasteiger partial charge in [0.15, 0.2) is 11.5 Å². The second-order valence-electron chi connectivity index (χ2n) is 5.34. The van der Waals surface area contributed by atoms with E-state index in [4.69, 9.17) is 9.47 Å². The van der Waals surface area contributed by atoms with E-state index >= 15 is 0 Å². The molecule has 1 aliphatic carbocycles. The van der Waals surface area contributed by atoms with Crippen molar-refractivity contribution in [2.75, 3.05) is 20.3 Å². The smallest absolute Gasteiger partial charge is 0.165 e. The lowest BCUT2D eigenvalue weighted by molar-refractivity contribution is 0.308. The summed E-state index contributed by atoms with van der Waals surface area (Å²) < 4.78 is 11.1. The molecule has 19 heavy (non-hydrogen) atoms. The van der Waals surface area contributed by atoms with Crippen molar-refractivity contribution >= 4 is 0 Å². The summed E-state index contributed by atoms with van der Waals surface area (Å²) in [6, 6.07) is 6.08. The van der Waals surface area contributed by atoms with Crippen molar-refractivity contribution in [3.8, 4) is 11.5 Å². The van der Waals surface area contributed by atoms with Crippen molar-refractivity contribution in [1.82, 2.24) is 5.32 Å². The van der Waals surface area contributed by atoms with Crippen molar-refractivity contribution in [3.63, 3.8) is 0 Å². The van der Waals surface area contributed by atoms with Gasteiger partial charge in [-0.3, -0.25) is 0 Å². The predicted molar refractivity (Wildman–Crippen MR) is 77.8 cm³/mol. The van der Waals surface area contributed by atoms with Crippen LogP contribution in [0.15, 0.2) is 18.2 Å². The third-order valence-corrected chi connectivity index (χ3v) is 4.09. The first-order valence-corrected chi connectivity index (χ1v) is 7.24. The SMILES string of the molecule is CCOc1cccc(CNCC2(CC)CC2)c1OC. The lowest BCUT2D eigenvalue weighted by Crippen LogP contribution is -2.23. The minimum absolute atomic E-state index is 0.574. The maximum atomic E-state index is 5.60. The number of hydrogen-bond acceptors (Lipinski definition) is 3. The van der Waals surface area contributed by atoms with Gasteiger partial charge in [0.25, 0.3) is 0 Å². The third-order valence-electron chi connectivity index (χ3n) is 4.09. The van der Waals surface area contributed by atoms with E-state index in [0.29, 0.717) is 12.0 Å². The minimum Gasteiger partial charge on any atom is -0.493 e. The van der Waals surface area contributed by atoms with Gasteiger partial charge in [0.05, 0.1) is 13.7 Å². The van der Waals surface area contributed by atoms with E-state index < -0.39 is 0 Å². The third kappa shape index (κ3) is 3.41. The Kier molecular flexibility index (Phi) is 4.70. The number of para-hydroxylation sites is 1. The van der Waals surface area contributed by atoms with Crippen LogP contribution < -0.4 is 14.8 Å². The Morgan fingerprint density at radius 2 is 2.05 bits per heavy atom. The Morgan fingerprint density at radius 1 is 1.26 bits per heavy atom. The molecule has 2 rings (SSSR count). The molecule has 1 saturated carbocycles. The average Bonchev–Trinajstić information content (AvgIpc) is 3.20. The fourth-order valence-corrected chi connectivity index (χ4v) is 2.50. The molecule has 0 aromatic heterocycles. The van der Waals surface area contributed by atoms with Gasteiger partial charge < -0.3 is 14.8 Å². The monoisotopic (exact) mass is 263 g/mol. The van der Waals surface area contributed by atoms with Gasteiger partial charge in [0.2, 0.25) is 0 Å². The number of ether oxygens (including phenoxy) is 2. The zero-order chi connectivity index (χ0) is 13.7. The lowest BCUT2D eigenvalue weighted by Gasteiger charge is -2.16. The Bertz CT molecular complexity index is 413. The minimum atomic E-state index is 0.574. The van der Waals surface area contributed by atoms with E-state index in [-0.39, 0.29) is 0 Å². The molecule has 1 aromatic rings. The van der Waals surface area contributed by atoms with Gasteiger partial charge in [-0.05, 0) is 37.7 Å². The molecule has 1 aliphatic rings. The number of hydrogen-bond donors (Lipinski definition) is 1. The van der Waals surface area contributed by atoms with E-state index in [2.05, 4.69) is 18.3 Å². The normalized spacial score (nSPS) is 16.2. The molecule has 0 amide bonds. The quantitative estimate of drug-likeness (QED) is 0.780. The molecule has 3 nitrogen and oxygen atoms in total. The summed E-state index contributed by atoms with van der Waals surface area (Å²) in [5, 5.41) is 3.56. The van der Waals surface area contributed by atoms with Crippen molar-refractivity contribution in [3.05, 3.63) is 23.8 Å². The van der Waals surface area contributed by atoms with E-state index in [0.717, 1.165) is 24.6 Å². The number of benzene rings is 1. The molecule has 0 saturated heterocycles. The fraction of sp³-hybridized carbons (Fsp3) is 0.625. The second-order valence-corrected chi connectivity index (χ2v) is 5.34. The van der Waals surface area contributed by atoms with Crippen molar-refractivity contribution < 1.29 is 9.47 Å². The van der Waals surface area contributed by atoms with E-state index in [9.17, 15) is 0 Å². The Hall–Kier alpha value is -1.22. The van der Waals surface area contributed by atoms with Crippen LogP contribution in [-0.4, -0.2) is 20.3 Å². The first-order valence-electron chi connectivity index (χ1n) is 7.24. The van der Waals surface area contributed by atoms with Crippen molar-refractivity contribution in [2.45, 2.75) is 39.7 Å². The summed E-state index contributed by atoms with van der Waals surface area (Å²) in [6.07, 6.45) is 4.01. The zero-order valence-corrected chi connectivity index (χ0v) is 12.3. The van der Waals surface area contributed by atoms with Crippen LogP contribution in [0.25, 0.3) is 0 Å². The van der Waals surface area contributed by atoms with Gasteiger partial charge in [-0.15, -0.1) is 0 Å². The molecule has 1 aromatic carbocycles. The van der Waals surface area contributed by atoms with Gasteiger partial charge in [0, 0.05) is 18.7 Å². The Morgan fingerprint density at radius 3 is 2.63 bits per heavy atom. The van der Waals surface area contributed by atoms with Crippen LogP contribution in [0.2, 0.25) is 0 Å². The molecule has 1 fully saturated rings. The van der Waals surface area contributed by atoms with E-state index in [1.165, 1.54) is 24.8 Å². The highest BCUT2D eigenvalue weighted by atomic mass is 16.5. The first-order chi connectivity index (χ1) is 9.24. The van der Waals surface area contributed by atoms with Gasteiger partial charge in [-0.25, -0.2) is 0 Å². The standard InChI is InChI=1S/C16H25NO2/c1-4-16(9-10-16)12-17-11-13-7-6-8-14(19-5-2)15(13)18-3/h6-8,17H,4-5,9-12H2,1-3H3. The summed E-state index contributed by atoms with van der Waals surface area (Å²) in [4.78, 5) is 0. The van der Waals surface area contributed by atoms with Crippen LogP contribution in [-0.2, 0) is 6.54 Å². The largest absolute Gasteiger partial charge is 0.493 e. The molecule has 0 atom stereocenters. The summed E-state index contributed by atoms with van der Waals surface area (Å²) in [5.74, 6) is 1.69. The molecule has 106 valence electrons. The summed E-state index contributed by atoms with van der Waals surface area (Å²) in [6.45, 7) is 6.87. The van der Waals surface area contributed by atoms with Crippen LogP contribution in [0.3, 0.4) is 0 Å². The maximum absolute atomic E-state index is 5.60. The number of rotatable bonds is 8.